The first-order valence-electron chi connectivity index (χ1n) is 9.58. The summed E-state index contributed by atoms with van der Waals surface area (Å²) in [5.41, 5.74) is 6.49. The minimum absolute atomic E-state index is 0.0176. The van der Waals surface area contributed by atoms with Gasteiger partial charge in [-0.3, -0.25) is 9.59 Å². The second-order valence-electron chi connectivity index (χ2n) is 7.53. The van der Waals surface area contributed by atoms with Crippen LogP contribution in [0.1, 0.15) is 45.0 Å². The van der Waals surface area contributed by atoms with Crippen molar-refractivity contribution in [2.45, 2.75) is 44.8 Å². The molecule has 2 amide bonds. The zero-order valence-electron chi connectivity index (χ0n) is 17.6. The normalized spacial score (nSPS) is 19.9. The number of sulfonamides is 1. The van der Waals surface area contributed by atoms with Gasteiger partial charge in [0.2, 0.25) is 10.0 Å². The highest BCUT2D eigenvalue weighted by molar-refractivity contribution is 7.89. The van der Waals surface area contributed by atoms with Crippen LogP contribution >= 0.6 is 22.9 Å². The summed E-state index contributed by atoms with van der Waals surface area (Å²) >= 11 is 7.43. The highest BCUT2D eigenvalue weighted by atomic mass is 35.5. The summed E-state index contributed by atoms with van der Waals surface area (Å²) in [5.74, 6) is -1.22. The molecule has 1 aromatic heterocycles. The Morgan fingerprint density at radius 2 is 1.84 bits per heavy atom. The van der Waals surface area contributed by atoms with Crippen LogP contribution < -0.4 is 11.1 Å². The van der Waals surface area contributed by atoms with Gasteiger partial charge in [-0.1, -0.05) is 11.6 Å². The predicted octanol–water partition coefficient (Wildman–Crippen LogP) is 3.17. The second kappa shape index (κ2) is 8.87. The number of benzene rings is 1. The highest BCUT2D eigenvalue weighted by Crippen LogP contribution is 2.33. The fourth-order valence-electron chi connectivity index (χ4n) is 3.50. The number of carbonyl (C=O) groups excluding carboxylic acids is 2. The summed E-state index contributed by atoms with van der Waals surface area (Å²) in [6.45, 7) is 7.54. The summed E-state index contributed by atoms with van der Waals surface area (Å²) in [5, 5.41) is 3.01. The predicted molar refractivity (Wildman–Crippen MR) is 120 cm³/mol. The molecule has 1 aliphatic heterocycles. The van der Waals surface area contributed by atoms with Crippen LogP contribution in [-0.4, -0.2) is 49.8 Å². The molecule has 3 N–H and O–H groups in total. The van der Waals surface area contributed by atoms with E-state index in [1.54, 1.807) is 20.8 Å². The molecule has 0 bridgehead atoms. The molecule has 0 radical (unpaired) electrons. The molecule has 31 heavy (non-hydrogen) atoms. The van der Waals surface area contributed by atoms with Crippen molar-refractivity contribution >= 4 is 49.8 Å². The maximum atomic E-state index is 13.2. The van der Waals surface area contributed by atoms with Gasteiger partial charge in [-0.25, -0.2) is 8.42 Å². The summed E-state index contributed by atoms with van der Waals surface area (Å²) in [4.78, 5) is 25.3. The van der Waals surface area contributed by atoms with Crippen LogP contribution in [0.15, 0.2) is 23.1 Å². The molecule has 2 heterocycles. The number of carbonyl (C=O) groups is 2. The van der Waals surface area contributed by atoms with Gasteiger partial charge in [0.1, 0.15) is 9.90 Å². The molecule has 0 aliphatic carbocycles. The third-order valence-electron chi connectivity index (χ3n) is 5.06. The number of anilines is 1. The van der Waals surface area contributed by atoms with Crippen LogP contribution in [0.3, 0.4) is 0 Å². The van der Waals surface area contributed by atoms with Crippen molar-refractivity contribution in [2.24, 2.45) is 5.73 Å². The number of primary amides is 1. The Bertz CT molecular complexity index is 1140. The number of nitrogens with two attached hydrogens (primary N) is 1. The van der Waals surface area contributed by atoms with E-state index in [0.29, 0.717) is 10.6 Å². The Kier molecular flexibility index (Phi) is 6.78. The van der Waals surface area contributed by atoms with Gasteiger partial charge in [-0.2, -0.15) is 4.31 Å². The number of nitrogens with one attached hydrogen (secondary N) is 1. The third-order valence-corrected chi connectivity index (χ3v) is 8.49. The Balaban J connectivity index is 1.93. The van der Waals surface area contributed by atoms with Crippen molar-refractivity contribution in [3.8, 4) is 0 Å². The molecule has 1 fully saturated rings. The van der Waals surface area contributed by atoms with E-state index in [4.69, 9.17) is 22.1 Å². The largest absolute Gasteiger partial charge is 0.373 e. The maximum absolute atomic E-state index is 13.2. The lowest BCUT2D eigenvalue weighted by molar-refractivity contribution is -0.0440. The van der Waals surface area contributed by atoms with Crippen LogP contribution in [0, 0.1) is 13.8 Å². The number of aryl methyl sites for hydroxylation is 1. The molecule has 1 aromatic carbocycles. The molecule has 11 heteroatoms. The van der Waals surface area contributed by atoms with Crippen molar-refractivity contribution in [1.29, 1.82) is 0 Å². The van der Waals surface area contributed by atoms with Crippen molar-refractivity contribution in [2.75, 3.05) is 18.4 Å². The quantitative estimate of drug-likeness (QED) is 0.674. The number of thiophene rings is 1. The second-order valence-corrected chi connectivity index (χ2v) is 11.1. The topological polar surface area (TPSA) is 119 Å². The van der Waals surface area contributed by atoms with E-state index in [0.717, 1.165) is 4.88 Å². The molecule has 3 rings (SSSR count). The summed E-state index contributed by atoms with van der Waals surface area (Å²) in [7, 11) is -3.94. The van der Waals surface area contributed by atoms with E-state index < -0.39 is 21.8 Å². The van der Waals surface area contributed by atoms with E-state index in [9.17, 15) is 18.0 Å². The van der Waals surface area contributed by atoms with Crippen molar-refractivity contribution in [3.63, 3.8) is 0 Å². The van der Waals surface area contributed by atoms with Crippen LogP contribution in [0.2, 0.25) is 5.02 Å². The lowest BCUT2D eigenvalue weighted by atomic mass is 10.1. The number of hydrogen-bond donors (Lipinski definition) is 2. The fourth-order valence-corrected chi connectivity index (χ4v) is 6.65. The van der Waals surface area contributed by atoms with Gasteiger partial charge in [0.15, 0.2) is 0 Å². The van der Waals surface area contributed by atoms with E-state index >= 15 is 0 Å². The lowest BCUT2D eigenvalue weighted by Crippen LogP contribution is -2.48. The SMILES string of the molecule is Cc1sc(NC(=O)c2ccc(Cl)c(S(=O)(=O)N3CC(C)OC(C)C3)c2)c(C(N)=O)c1C. The molecule has 2 atom stereocenters. The zero-order valence-corrected chi connectivity index (χ0v) is 20.0. The van der Waals surface area contributed by atoms with E-state index in [2.05, 4.69) is 5.32 Å². The lowest BCUT2D eigenvalue weighted by Gasteiger charge is -2.34. The number of rotatable bonds is 5. The Morgan fingerprint density at radius 3 is 2.42 bits per heavy atom. The Hall–Kier alpha value is -1.98. The molecule has 8 nitrogen and oxygen atoms in total. The van der Waals surface area contributed by atoms with E-state index in [1.807, 2.05) is 6.92 Å². The first-order chi connectivity index (χ1) is 14.4. The average molecular weight is 486 g/mol. The number of ether oxygens (including phenoxy) is 1. The summed E-state index contributed by atoms with van der Waals surface area (Å²) in [6, 6.07) is 4.05. The fraction of sp³-hybridized carbons (Fsp3) is 0.400. The Labute approximate surface area is 190 Å². The summed E-state index contributed by atoms with van der Waals surface area (Å²) in [6.07, 6.45) is -0.525. The molecule has 168 valence electrons. The van der Waals surface area contributed by atoms with Crippen LogP contribution in [-0.2, 0) is 14.8 Å². The molecule has 1 saturated heterocycles. The molecule has 2 aromatic rings. The maximum Gasteiger partial charge on any atom is 0.256 e. The van der Waals surface area contributed by atoms with Gasteiger partial charge >= 0.3 is 0 Å². The number of hydrogen-bond acceptors (Lipinski definition) is 6. The molecule has 0 saturated carbocycles. The van der Waals surface area contributed by atoms with Gasteiger partial charge in [0.05, 0.1) is 22.8 Å². The molecule has 2 unspecified atom stereocenters. The minimum Gasteiger partial charge on any atom is -0.373 e. The van der Waals surface area contributed by atoms with Crippen LogP contribution in [0.4, 0.5) is 5.00 Å². The summed E-state index contributed by atoms with van der Waals surface area (Å²) < 4.78 is 33.4. The minimum atomic E-state index is -3.94. The number of amides is 2. The molecule has 0 spiro atoms. The third kappa shape index (κ3) is 4.78. The van der Waals surface area contributed by atoms with Gasteiger partial charge < -0.3 is 15.8 Å². The zero-order chi connectivity index (χ0) is 23.1. The van der Waals surface area contributed by atoms with Gasteiger partial charge in [-0.05, 0) is 51.5 Å². The standard InChI is InChI=1S/C20H24ClN3O5S2/c1-10-8-24(9-11(2)29-10)31(27,28)16-7-14(5-6-15(16)21)19(26)23-20-17(18(22)25)12(3)13(4)30-20/h5-7,10-11H,8-9H2,1-4H3,(H2,22,25)(H,23,26). The smallest absolute Gasteiger partial charge is 0.256 e. The van der Waals surface area contributed by atoms with Crippen molar-refractivity contribution < 1.29 is 22.7 Å². The van der Waals surface area contributed by atoms with Gasteiger partial charge in [0.25, 0.3) is 11.8 Å². The number of nitrogens with zero attached hydrogens (tertiary/aromatic N) is 1. The average Bonchev–Trinajstić information content (AvgIpc) is 2.94. The molecule has 1 aliphatic rings. The monoisotopic (exact) mass is 485 g/mol. The first kappa shape index (κ1) is 23.7. The van der Waals surface area contributed by atoms with Gasteiger partial charge in [0, 0.05) is 23.5 Å². The van der Waals surface area contributed by atoms with Crippen molar-refractivity contribution in [3.05, 3.63) is 44.8 Å². The molecular formula is C20H24ClN3O5S2. The molecular weight excluding hydrogens is 462 g/mol. The highest BCUT2D eigenvalue weighted by Gasteiger charge is 2.34. The Morgan fingerprint density at radius 1 is 1.23 bits per heavy atom. The van der Waals surface area contributed by atoms with E-state index in [1.165, 1.54) is 33.8 Å². The van der Waals surface area contributed by atoms with Crippen molar-refractivity contribution in [1.82, 2.24) is 4.31 Å². The van der Waals surface area contributed by atoms with Crippen LogP contribution in [0.5, 0.6) is 0 Å². The van der Waals surface area contributed by atoms with Crippen LogP contribution in [0.25, 0.3) is 0 Å². The van der Waals surface area contributed by atoms with E-state index in [-0.39, 0.29) is 46.3 Å². The number of halogens is 1. The van der Waals surface area contributed by atoms with Gasteiger partial charge in [-0.15, -0.1) is 11.3 Å². The first-order valence-corrected chi connectivity index (χ1v) is 12.2. The number of morpholine rings is 1.